The Labute approximate surface area is 130 Å². The van der Waals surface area contributed by atoms with Crippen molar-refractivity contribution in [2.75, 3.05) is 13.1 Å². The average Bonchev–Trinajstić information content (AvgIpc) is 2.86. The first-order valence-electron chi connectivity index (χ1n) is 6.99. The summed E-state index contributed by atoms with van der Waals surface area (Å²) >= 11 is 1.61. The number of amides is 1. The van der Waals surface area contributed by atoms with E-state index in [0.717, 1.165) is 4.88 Å². The summed E-state index contributed by atoms with van der Waals surface area (Å²) in [6.45, 7) is 8.44. The van der Waals surface area contributed by atoms with Crippen LogP contribution in [0.4, 0.5) is 0 Å². The van der Waals surface area contributed by atoms with Crippen LogP contribution in [-0.4, -0.2) is 40.5 Å². The van der Waals surface area contributed by atoms with E-state index in [9.17, 15) is 9.59 Å². The molecule has 0 aromatic carbocycles. The predicted molar refractivity (Wildman–Crippen MR) is 84.5 cm³/mol. The average molecular weight is 312 g/mol. The van der Waals surface area contributed by atoms with Crippen molar-refractivity contribution in [2.45, 2.75) is 45.7 Å². The van der Waals surface area contributed by atoms with Gasteiger partial charge in [0.2, 0.25) is 5.91 Å². The number of nitrogens with zero attached hydrogens (tertiary/aromatic N) is 1. The molecule has 0 aliphatic heterocycles. The van der Waals surface area contributed by atoms with Crippen molar-refractivity contribution >= 4 is 23.2 Å². The highest BCUT2D eigenvalue weighted by molar-refractivity contribution is 7.10. The van der Waals surface area contributed by atoms with Gasteiger partial charge in [0.1, 0.15) is 0 Å². The molecule has 5 nitrogen and oxygen atoms in total. The van der Waals surface area contributed by atoms with Crippen LogP contribution in [0.25, 0.3) is 0 Å². The molecular weight excluding hydrogens is 288 g/mol. The lowest BCUT2D eigenvalue weighted by Crippen LogP contribution is -2.48. The lowest BCUT2D eigenvalue weighted by Gasteiger charge is -2.35. The Hall–Kier alpha value is -1.40. The van der Waals surface area contributed by atoms with Crippen molar-refractivity contribution in [3.8, 4) is 0 Å². The Balaban J connectivity index is 2.57. The number of carbonyl (C=O) groups excluding carboxylic acids is 1. The largest absolute Gasteiger partial charge is 0.481 e. The van der Waals surface area contributed by atoms with Crippen LogP contribution in [0.5, 0.6) is 0 Å². The molecule has 118 valence electrons. The number of carboxylic acids is 1. The smallest absolute Gasteiger partial charge is 0.304 e. The third-order valence-electron chi connectivity index (χ3n) is 3.23. The molecule has 0 spiro atoms. The fraction of sp³-hybridized carbons (Fsp3) is 0.600. The highest BCUT2D eigenvalue weighted by atomic mass is 32.1. The molecule has 0 aliphatic rings. The first kappa shape index (κ1) is 17.7. The first-order chi connectivity index (χ1) is 9.70. The molecule has 21 heavy (non-hydrogen) atoms. The number of carbonyl (C=O) groups is 2. The molecule has 0 saturated heterocycles. The molecule has 1 amide bonds. The van der Waals surface area contributed by atoms with E-state index in [2.05, 4.69) is 5.32 Å². The maximum absolute atomic E-state index is 12.2. The van der Waals surface area contributed by atoms with Crippen LogP contribution < -0.4 is 5.32 Å². The van der Waals surface area contributed by atoms with Crippen LogP contribution in [0.3, 0.4) is 0 Å². The second-order valence-electron chi connectivity index (χ2n) is 6.04. The molecule has 0 radical (unpaired) electrons. The lowest BCUT2D eigenvalue weighted by atomic mass is 10.1. The summed E-state index contributed by atoms with van der Waals surface area (Å²) in [5.74, 6) is -0.937. The number of rotatable bonds is 7. The molecule has 1 heterocycles. The van der Waals surface area contributed by atoms with E-state index in [1.165, 1.54) is 0 Å². The van der Waals surface area contributed by atoms with Crippen LogP contribution in [0, 0.1) is 0 Å². The van der Waals surface area contributed by atoms with Gasteiger partial charge in [-0.1, -0.05) is 6.07 Å². The molecule has 6 heteroatoms. The van der Waals surface area contributed by atoms with E-state index >= 15 is 0 Å². The van der Waals surface area contributed by atoms with E-state index < -0.39 is 5.97 Å². The third kappa shape index (κ3) is 6.27. The van der Waals surface area contributed by atoms with E-state index in [1.54, 1.807) is 11.3 Å². The maximum atomic E-state index is 12.2. The number of thiophene rings is 1. The van der Waals surface area contributed by atoms with Gasteiger partial charge in [-0.25, -0.2) is 0 Å². The standard InChI is InChI=1S/C15H24N2O3S/c1-11(12-6-5-9-21-12)16-13(18)10-17(15(2,3)4)8-7-14(19)20/h5-6,9,11H,7-8,10H2,1-4H3,(H,16,18)(H,19,20). The second-order valence-corrected chi connectivity index (χ2v) is 7.02. The van der Waals surface area contributed by atoms with Gasteiger partial charge in [-0.3, -0.25) is 14.5 Å². The fourth-order valence-electron chi connectivity index (χ4n) is 1.95. The molecule has 0 bridgehead atoms. The van der Waals surface area contributed by atoms with Crippen molar-refractivity contribution < 1.29 is 14.7 Å². The second kappa shape index (κ2) is 7.56. The van der Waals surface area contributed by atoms with Crippen LogP contribution >= 0.6 is 11.3 Å². The van der Waals surface area contributed by atoms with Gasteiger partial charge in [0.15, 0.2) is 0 Å². The molecule has 1 atom stereocenters. The van der Waals surface area contributed by atoms with Gasteiger partial charge in [-0.05, 0) is 39.1 Å². The molecule has 2 N–H and O–H groups in total. The van der Waals surface area contributed by atoms with Gasteiger partial charge in [0.25, 0.3) is 0 Å². The zero-order valence-electron chi connectivity index (χ0n) is 13.0. The van der Waals surface area contributed by atoms with Gasteiger partial charge in [0, 0.05) is 17.0 Å². The summed E-state index contributed by atoms with van der Waals surface area (Å²) in [5.41, 5.74) is -0.251. The van der Waals surface area contributed by atoms with Crippen molar-refractivity contribution in [3.05, 3.63) is 22.4 Å². The predicted octanol–water partition coefficient (Wildman–Crippen LogP) is 2.50. The van der Waals surface area contributed by atoms with Gasteiger partial charge in [-0.2, -0.15) is 0 Å². The topological polar surface area (TPSA) is 69.6 Å². The molecular formula is C15H24N2O3S. The summed E-state index contributed by atoms with van der Waals surface area (Å²) in [7, 11) is 0. The first-order valence-corrected chi connectivity index (χ1v) is 7.87. The Kier molecular flexibility index (Phi) is 6.36. The van der Waals surface area contributed by atoms with E-state index in [4.69, 9.17) is 5.11 Å². The molecule has 0 fully saturated rings. The minimum Gasteiger partial charge on any atom is -0.481 e. The minimum absolute atomic E-state index is 0.0289. The molecule has 1 unspecified atom stereocenters. The zero-order chi connectivity index (χ0) is 16.0. The van der Waals surface area contributed by atoms with Crippen molar-refractivity contribution in [2.24, 2.45) is 0 Å². The van der Waals surface area contributed by atoms with Crippen LogP contribution in [0.2, 0.25) is 0 Å². The number of hydrogen-bond acceptors (Lipinski definition) is 4. The van der Waals surface area contributed by atoms with Gasteiger partial charge in [-0.15, -0.1) is 11.3 Å². The van der Waals surface area contributed by atoms with E-state index in [1.807, 2.05) is 50.1 Å². The molecule has 0 saturated carbocycles. The number of carboxylic acid groups (broad SMARTS) is 1. The number of aliphatic carboxylic acids is 1. The van der Waals surface area contributed by atoms with Crippen molar-refractivity contribution in [3.63, 3.8) is 0 Å². The van der Waals surface area contributed by atoms with Gasteiger partial charge < -0.3 is 10.4 Å². The van der Waals surface area contributed by atoms with Crippen LogP contribution in [0.15, 0.2) is 17.5 Å². The Morgan fingerprint density at radius 2 is 2.10 bits per heavy atom. The molecule has 1 rings (SSSR count). The Bertz CT molecular complexity index is 466. The van der Waals surface area contributed by atoms with E-state index in [-0.39, 0.29) is 30.5 Å². The quantitative estimate of drug-likeness (QED) is 0.811. The zero-order valence-corrected chi connectivity index (χ0v) is 13.9. The van der Waals surface area contributed by atoms with Crippen LogP contribution in [0.1, 0.15) is 45.0 Å². The molecule has 1 aromatic rings. The Morgan fingerprint density at radius 1 is 1.43 bits per heavy atom. The monoisotopic (exact) mass is 312 g/mol. The van der Waals surface area contributed by atoms with Crippen LogP contribution in [-0.2, 0) is 9.59 Å². The maximum Gasteiger partial charge on any atom is 0.304 e. The number of nitrogens with one attached hydrogen (secondary N) is 1. The lowest BCUT2D eigenvalue weighted by molar-refractivity contribution is -0.138. The van der Waals surface area contributed by atoms with Crippen molar-refractivity contribution in [1.82, 2.24) is 10.2 Å². The highest BCUT2D eigenvalue weighted by Crippen LogP contribution is 2.18. The fourth-order valence-corrected chi connectivity index (χ4v) is 2.69. The molecule has 0 aliphatic carbocycles. The van der Waals surface area contributed by atoms with E-state index in [0.29, 0.717) is 6.54 Å². The number of hydrogen-bond donors (Lipinski definition) is 2. The summed E-state index contributed by atoms with van der Waals surface area (Å²) in [6.07, 6.45) is 0.0328. The summed E-state index contributed by atoms with van der Waals surface area (Å²) in [4.78, 5) is 25.9. The summed E-state index contributed by atoms with van der Waals surface area (Å²) < 4.78 is 0. The van der Waals surface area contributed by atoms with Gasteiger partial charge >= 0.3 is 5.97 Å². The SMILES string of the molecule is CC(NC(=O)CN(CCC(=O)O)C(C)(C)C)c1cccs1. The summed E-state index contributed by atoms with van der Waals surface area (Å²) in [5, 5.41) is 13.7. The molecule has 1 aromatic heterocycles. The Morgan fingerprint density at radius 3 is 2.57 bits per heavy atom. The normalized spacial score (nSPS) is 13.2. The third-order valence-corrected chi connectivity index (χ3v) is 4.28. The van der Waals surface area contributed by atoms with Crippen molar-refractivity contribution in [1.29, 1.82) is 0 Å². The van der Waals surface area contributed by atoms with Gasteiger partial charge in [0.05, 0.1) is 19.0 Å². The summed E-state index contributed by atoms with van der Waals surface area (Å²) in [6, 6.07) is 3.91. The highest BCUT2D eigenvalue weighted by Gasteiger charge is 2.24. The minimum atomic E-state index is -0.850.